The van der Waals surface area contributed by atoms with Gasteiger partial charge in [-0.05, 0) is 49.4 Å². The summed E-state index contributed by atoms with van der Waals surface area (Å²) >= 11 is 3.38. The molecule has 1 N–H and O–H groups in total. The van der Waals surface area contributed by atoms with Gasteiger partial charge in [-0.1, -0.05) is 52.3 Å². The van der Waals surface area contributed by atoms with Crippen molar-refractivity contribution in [1.29, 1.82) is 0 Å². The van der Waals surface area contributed by atoms with Crippen molar-refractivity contribution in [2.75, 3.05) is 9.96 Å². The quantitative estimate of drug-likeness (QED) is 0.557. The maximum absolute atomic E-state index is 13.8. The monoisotopic (exact) mass is 478 g/mol. The number of hydrogen-bond donors (Lipinski definition) is 1. The molecule has 0 spiro atoms. The molecule has 2 amide bonds. The fraction of sp³-hybridized carbons (Fsp3) is 0.167. The molecule has 7 heteroatoms. The highest BCUT2D eigenvalue weighted by Gasteiger charge is 2.69. The molecule has 2 aliphatic rings. The smallest absolute Gasteiger partial charge is 0.266 e. The zero-order valence-corrected chi connectivity index (χ0v) is 18.2. The molecule has 31 heavy (non-hydrogen) atoms. The van der Waals surface area contributed by atoms with Crippen LogP contribution in [0.5, 0.6) is 5.75 Å². The number of benzene rings is 3. The van der Waals surface area contributed by atoms with Gasteiger partial charge in [0, 0.05) is 10.0 Å². The summed E-state index contributed by atoms with van der Waals surface area (Å²) < 4.78 is 0.848. The lowest BCUT2D eigenvalue weighted by atomic mass is 9.76. The van der Waals surface area contributed by atoms with Crippen LogP contribution in [-0.2, 0) is 14.4 Å². The molecule has 6 nitrogen and oxygen atoms in total. The van der Waals surface area contributed by atoms with Gasteiger partial charge in [-0.3, -0.25) is 14.4 Å². The minimum atomic E-state index is -1.24. The number of phenols is 1. The van der Waals surface area contributed by atoms with Gasteiger partial charge in [-0.25, -0.2) is 9.96 Å². The number of halogens is 1. The lowest BCUT2D eigenvalue weighted by Crippen LogP contribution is -2.41. The summed E-state index contributed by atoms with van der Waals surface area (Å²) in [6, 6.07) is 22.4. The van der Waals surface area contributed by atoms with Gasteiger partial charge in [0.15, 0.2) is 6.10 Å². The SMILES string of the molecule is C[C@]12C(=O)N(c3ccc(Br)cc3)C(=O)[C@H]1ON(c1ccccc1)[C@@H]2c1ccccc1O. The maximum atomic E-state index is 13.8. The number of imide groups is 1. The molecule has 0 aliphatic carbocycles. The van der Waals surface area contributed by atoms with E-state index in [9.17, 15) is 14.7 Å². The van der Waals surface area contributed by atoms with Crippen molar-refractivity contribution in [2.45, 2.75) is 19.1 Å². The number of amides is 2. The number of aromatic hydroxyl groups is 1. The van der Waals surface area contributed by atoms with Crippen molar-refractivity contribution in [3.05, 3.63) is 88.9 Å². The molecular weight excluding hydrogens is 460 g/mol. The maximum Gasteiger partial charge on any atom is 0.266 e. The van der Waals surface area contributed by atoms with E-state index in [1.54, 1.807) is 60.5 Å². The van der Waals surface area contributed by atoms with E-state index in [1.807, 2.05) is 30.3 Å². The van der Waals surface area contributed by atoms with Crippen molar-refractivity contribution < 1.29 is 19.5 Å². The second-order valence-corrected chi connectivity index (χ2v) is 8.76. The van der Waals surface area contributed by atoms with Gasteiger partial charge >= 0.3 is 0 Å². The fourth-order valence-corrected chi connectivity index (χ4v) is 4.71. The Kier molecular flexibility index (Phi) is 4.60. The first-order valence-corrected chi connectivity index (χ1v) is 10.6. The minimum Gasteiger partial charge on any atom is -0.508 e. The third kappa shape index (κ3) is 2.88. The van der Waals surface area contributed by atoms with E-state index < -0.39 is 23.5 Å². The highest BCUT2D eigenvalue weighted by molar-refractivity contribution is 9.10. The molecule has 2 saturated heterocycles. The second kappa shape index (κ2) is 7.21. The van der Waals surface area contributed by atoms with Gasteiger partial charge in [0.25, 0.3) is 5.91 Å². The zero-order valence-electron chi connectivity index (χ0n) is 16.6. The zero-order chi connectivity index (χ0) is 21.8. The molecular formula is C24H19BrN2O4. The first-order valence-electron chi connectivity index (χ1n) is 9.86. The van der Waals surface area contributed by atoms with Crippen molar-refractivity contribution >= 4 is 39.1 Å². The summed E-state index contributed by atoms with van der Waals surface area (Å²) in [6.45, 7) is 1.73. The van der Waals surface area contributed by atoms with E-state index in [-0.39, 0.29) is 11.7 Å². The van der Waals surface area contributed by atoms with Gasteiger partial charge in [0.2, 0.25) is 5.91 Å². The third-order valence-electron chi connectivity index (χ3n) is 6.00. The number of phenolic OH excluding ortho intramolecular Hbond substituents is 1. The van der Waals surface area contributed by atoms with Gasteiger partial charge in [0.05, 0.1) is 11.4 Å². The topological polar surface area (TPSA) is 70.1 Å². The first-order chi connectivity index (χ1) is 14.9. The van der Waals surface area contributed by atoms with Gasteiger partial charge in [0.1, 0.15) is 17.2 Å². The molecule has 3 aromatic carbocycles. The van der Waals surface area contributed by atoms with Gasteiger partial charge < -0.3 is 5.11 Å². The lowest BCUT2D eigenvalue weighted by molar-refractivity contribution is -0.128. The number of hydroxylamine groups is 1. The first kappa shape index (κ1) is 19.8. The van der Waals surface area contributed by atoms with Crippen LogP contribution in [-0.4, -0.2) is 23.0 Å². The number of fused-ring (bicyclic) bond motifs is 1. The van der Waals surface area contributed by atoms with Crippen LogP contribution in [0.25, 0.3) is 0 Å². The number of carbonyl (C=O) groups excluding carboxylic acids is 2. The average Bonchev–Trinajstić information content (AvgIpc) is 3.19. The lowest BCUT2D eigenvalue weighted by Gasteiger charge is -2.33. The standard InChI is InChI=1S/C24H19BrN2O4/c1-24-20(18-9-5-6-10-19(18)28)27(17-7-3-2-4-8-17)31-21(24)22(29)26(23(24)30)16-13-11-15(25)12-14-16/h2-14,20-21,28H,1H3/t20-,21-,24-/m1/s1. The number of nitrogens with zero attached hydrogens (tertiary/aromatic N) is 2. The molecule has 3 atom stereocenters. The van der Waals surface area contributed by atoms with Crippen LogP contribution in [0.1, 0.15) is 18.5 Å². The van der Waals surface area contributed by atoms with Crippen molar-refractivity contribution in [3.63, 3.8) is 0 Å². The summed E-state index contributed by atoms with van der Waals surface area (Å²) in [7, 11) is 0. The summed E-state index contributed by atoms with van der Waals surface area (Å²) in [5, 5.41) is 12.2. The van der Waals surface area contributed by atoms with E-state index >= 15 is 0 Å². The Morgan fingerprint density at radius 3 is 2.23 bits per heavy atom. The van der Waals surface area contributed by atoms with Crippen LogP contribution < -0.4 is 9.96 Å². The summed E-state index contributed by atoms with van der Waals surface area (Å²) in [6.07, 6.45) is -1.02. The van der Waals surface area contributed by atoms with Crippen LogP contribution in [0.2, 0.25) is 0 Å². The van der Waals surface area contributed by atoms with E-state index in [0.717, 1.165) is 4.47 Å². The number of anilines is 2. The fourth-order valence-electron chi connectivity index (χ4n) is 4.45. The van der Waals surface area contributed by atoms with Gasteiger partial charge in [-0.15, -0.1) is 0 Å². The molecule has 156 valence electrons. The predicted octanol–water partition coefficient (Wildman–Crippen LogP) is 4.60. The number of rotatable bonds is 3. The summed E-state index contributed by atoms with van der Waals surface area (Å²) in [4.78, 5) is 34.5. The summed E-state index contributed by atoms with van der Waals surface area (Å²) in [5.74, 6) is -0.744. The van der Waals surface area contributed by atoms with Crippen molar-refractivity contribution in [3.8, 4) is 5.75 Å². The Morgan fingerprint density at radius 2 is 1.55 bits per heavy atom. The molecule has 2 aliphatic heterocycles. The molecule has 0 radical (unpaired) electrons. The van der Waals surface area contributed by atoms with Gasteiger partial charge in [-0.2, -0.15) is 0 Å². The molecule has 5 rings (SSSR count). The molecule has 0 aromatic heterocycles. The Bertz CT molecular complexity index is 1170. The molecule has 2 fully saturated rings. The van der Waals surface area contributed by atoms with Crippen molar-refractivity contribution in [1.82, 2.24) is 0 Å². The minimum absolute atomic E-state index is 0.0428. The second-order valence-electron chi connectivity index (χ2n) is 7.85. The van der Waals surface area contributed by atoms with E-state index in [0.29, 0.717) is 16.9 Å². The van der Waals surface area contributed by atoms with Crippen LogP contribution in [0.3, 0.4) is 0 Å². The highest BCUT2D eigenvalue weighted by atomic mass is 79.9. The highest BCUT2D eigenvalue weighted by Crippen LogP contribution is 2.56. The number of carbonyl (C=O) groups is 2. The van der Waals surface area contributed by atoms with Crippen molar-refractivity contribution in [2.24, 2.45) is 5.41 Å². The predicted molar refractivity (Wildman–Crippen MR) is 119 cm³/mol. The summed E-state index contributed by atoms with van der Waals surface area (Å²) in [5.41, 5.74) is 0.468. The van der Waals surface area contributed by atoms with Crippen LogP contribution in [0.15, 0.2) is 83.3 Å². The normalized spacial score (nSPS) is 25.2. The molecule has 2 heterocycles. The van der Waals surface area contributed by atoms with E-state index in [1.165, 1.54) is 4.90 Å². The average molecular weight is 479 g/mol. The van der Waals surface area contributed by atoms with Crippen LogP contribution in [0, 0.1) is 5.41 Å². The third-order valence-corrected chi connectivity index (χ3v) is 6.53. The van der Waals surface area contributed by atoms with E-state index in [4.69, 9.17) is 4.84 Å². The Morgan fingerprint density at radius 1 is 0.903 bits per heavy atom. The molecule has 0 saturated carbocycles. The number of hydrogen-bond acceptors (Lipinski definition) is 5. The Hall–Kier alpha value is -3.16. The van der Waals surface area contributed by atoms with Crippen LogP contribution in [0.4, 0.5) is 11.4 Å². The van der Waals surface area contributed by atoms with Crippen LogP contribution >= 0.6 is 15.9 Å². The Labute approximate surface area is 187 Å². The largest absolute Gasteiger partial charge is 0.508 e. The molecule has 0 unspecified atom stereocenters. The van der Waals surface area contributed by atoms with E-state index in [2.05, 4.69) is 15.9 Å². The Balaban J connectivity index is 1.66. The molecule has 3 aromatic rings. The molecule has 0 bridgehead atoms. The number of para-hydroxylation sites is 2.